The van der Waals surface area contributed by atoms with E-state index in [2.05, 4.69) is 135 Å². The van der Waals surface area contributed by atoms with E-state index in [-0.39, 0.29) is 24.0 Å². The first-order valence-corrected chi connectivity index (χ1v) is 23.4. The topological polar surface area (TPSA) is 77.0 Å². The molecule has 7 aromatic rings. The van der Waals surface area contributed by atoms with Crippen LogP contribution >= 0.6 is 0 Å². The minimum Gasteiger partial charge on any atom is -0.462 e. The zero-order valence-electron chi connectivity index (χ0n) is 39.3. The number of amidine groups is 1. The minimum atomic E-state index is -0.390. The molecule has 0 unspecified atom stereocenters. The van der Waals surface area contributed by atoms with Crippen LogP contribution in [-0.4, -0.2) is 31.0 Å². The van der Waals surface area contributed by atoms with E-state index < -0.39 is 0 Å². The summed E-state index contributed by atoms with van der Waals surface area (Å²) in [7, 11) is 0. The zero-order valence-corrected chi connectivity index (χ0v) is 39.3. The van der Waals surface area contributed by atoms with Crippen molar-refractivity contribution in [3.63, 3.8) is 0 Å². The third-order valence-electron chi connectivity index (χ3n) is 11.5. The highest BCUT2D eigenvalue weighted by molar-refractivity contribution is 6.10. The predicted molar refractivity (Wildman–Crippen MR) is 281 cm³/mol. The number of rotatable bonds is 17. The highest BCUT2D eigenvalue weighted by atomic mass is 16.5. The van der Waals surface area contributed by atoms with Crippen molar-refractivity contribution in [3.05, 3.63) is 251 Å². The molecule has 0 aliphatic carbocycles. The fourth-order valence-corrected chi connectivity index (χ4v) is 7.72. The lowest BCUT2D eigenvalue weighted by atomic mass is 9.89. The van der Waals surface area contributed by atoms with Crippen molar-refractivity contribution in [3.8, 4) is 45.9 Å². The third-order valence-corrected chi connectivity index (χ3v) is 11.5. The average Bonchev–Trinajstić information content (AvgIpc) is 3.40. The number of hydrogen-bond donors (Lipinski definition) is 1. The van der Waals surface area contributed by atoms with Gasteiger partial charge in [0.05, 0.1) is 30.4 Å². The second-order valence-electron chi connectivity index (χ2n) is 16.4. The molecule has 69 heavy (non-hydrogen) atoms. The molecule has 0 bridgehead atoms. The van der Waals surface area contributed by atoms with Crippen molar-refractivity contribution in [2.75, 3.05) is 13.2 Å². The summed E-state index contributed by atoms with van der Waals surface area (Å²) in [4.78, 5) is 31.4. The van der Waals surface area contributed by atoms with Gasteiger partial charge >= 0.3 is 11.9 Å². The third kappa shape index (κ3) is 13.3. The highest BCUT2D eigenvalue weighted by Gasteiger charge is 2.21. The van der Waals surface area contributed by atoms with Crippen molar-refractivity contribution in [1.29, 1.82) is 0 Å². The number of nitrogens with zero attached hydrogens (tertiary/aromatic N) is 1. The second-order valence-corrected chi connectivity index (χ2v) is 16.4. The van der Waals surface area contributed by atoms with Crippen LogP contribution < -0.4 is 5.32 Å². The van der Waals surface area contributed by atoms with E-state index >= 15 is 0 Å². The molecule has 6 heteroatoms. The second kappa shape index (κ2) is 24.9. The average molecular weight is 905 g/mol. The summed E-state index contributed by atoms with van der Waals surface area (Å²) in [5.74, 6) is 13.0. The Hall–Kier alpha value is -8.45. The summed E-state index contributed by atoms with van der Waals surface area (Å²) in [6, 6.07) is 57.7. The molecule has 0 saturated carbocycles. The summed E-state index contributed by atoms with van der Waals surface area (Å²) in [6.45, 7) is 12.4. The number of carbonyl (C=O) groups excluding carboxylic acids is 2. The van der Waals surface area contributed by atoms with E-state index in [1.165, 1.54) is 0 Å². The molecule has 7 rings (SSSR count). The van der Waals surface area contributed by atoms with E-state index in [4.69, 9.17) is 14.5 Å². The number of allylic oxidation sites excluding steroid dienone is 2. The van der Waals surface area contributed by atoms with Gasteiger partial charge in [-0.1, -0.05) is 163 Å². The van der Waals surface area contributed by atoms with Crippen LogP contribution in [0, 0.1) is 23.7 Å². The molecule has 7 aromatic carbocycles. The SMILES string of the molecule is C=CCCCOC(=O)c1ccccc1C#Cc1ccc(-c2cccc(-c3ccc(C#Cc4ccccc4C(=O)OCCCC=C)cc3)c2C(=N[C@H](C)c2ccccc2)N[C@H](C)c2ccccc2)cc1. The number of benzene rings is 7. The van der Waals surface area contributed by atoms with Crippen LogP contribution in [0.3, 0.4) is 0 Å². The van der Waals surface area contributed by atoms with E-state index in [1.807, 2.05) is 97.1 Å². The first-order chi connectivity index (χ1) is 33.8. The monoisotopic (exact) mass is 904 g/mol. The molecule has 0 spiro atoms. The van der Waals surface area contributed by atoms with Gasteiger partial charge in [0.2, 0.25) is 0 Å². The van der Waals surface area contributed by atoms with Crippen LogP contribution in [0.15, 0.2) is 206 Å². The Kier molecular flexibility index (Phi) is 17.5. The van der Waals surface area contributed by atoms with Gasteiger partial charge < -0.3 is 14.8 Å². The first-order valence-electron chi connectivity index (χ1n) is 23.4. The normalized spacial score (nSPS) is 11.7. The summed E-state index contributed by atoms with van der Waals surface area (Å²) in [5, 5.41) is 3.86. The molecule has 0 radical (unpaired) electrons. The molecule has 1 N–H and O–H groups in total. The molecule has 0 fully saturated rings. The van der Waals surface area contributed by atoms with Gasteiger partial charge in [-0.15, -0.1) is 13.2 Å². The number of carbonyl (C=O) groups is 2. The Morgan fingerprint density at radius 1 is 0.536 bits per heavy atom. The first kappa shape index (κ1) is 48.5. The molecule has 342 valence electrons. The predicted octanol–water partition coefficient (Wildman–Crippen LogP) is 13.9. The Morgan fingerprint density at radius 2 is 0.971 bits per heavy atom. The largest absolute Gasteiger partial charge is 0.462 e. The molecule has 0 heterocycles. The summed E-state index contributed by atoms with van der Waals surface area (Å²) in [5.41, 5.74) is 10.8. The molecule has 0 amide bonds. The number of hydrogen-bond acceptors (Lipinski definition) is 5. The number of nitrogens with one attached hydrogen (secondary N) is 1. The number of aliphatic imine (C=N–C) groups is 1. The standard InChI is InChI=1S/C63H56N2O4/c1-5-7-19-44-68-62(66)58-28-17-15-26-52(58)38-32-48-34-40-54(41-35-48)56-30-21-31-57(60(56)61(64-46(3)50-22-11-9-12-23-50)65-47(4)51-24-13-10-14-25-51)55-42-36-49(37-43-55)33-39-53-27-16-18-29-59(53)63(67)69-45-20-8-6-2/h5-6,9-18,21-31,34-37,40-43,46-47H,1-2,7-8,19-20,44-45H2,3-4H3,(H,64,65)/t46-,47-/m1/s1. The fourth-order valence-electron chi connectivity index (χ4n) is 7.72. The maximum Gasteiger partial charge on any atom is 0.339 e. The van der Waals surface area contributed by atoms with Crippen LogP contribution in [0.2, 0.25) is 0 Å². The van der Waals surface area contributed by atoms with Gasteiger partial charge in [-0.25, -0.2) is 9.59 Å². The summed E-state index contributed by atoms with van der Waals surface area (Å²) >= 11 is 0. The maximum absolute atomic E-state index is 13.0. The van der Waals surface area contributed by atoms with Crippen LogP contribution in [0.1, 0.15) is 111 Å². The zero-order chi connectivity index (χ0) is 48.2. The molecular formula is C63H56N2O4. The van der Waals surface area contributed by atoms with Crippen molar-refractivity contribution in [2.45, 2.75) is 51.6 Å². The van der Waals surface area contributed by atoms with Gasteiger partial charge in [-0.2, -0.15) is 0 Å². The highest BCUT2D eigenvalue weighted by Crippen LogP contribution is 2.35. The quantitative estimate of drug-likeness (QED) is 0.0246. The number of ether oxygens (including phenoxy) is 2. The smallest absolute Gasteiger partial charge is 0.339 e. The van der Waals surface area contributed by atoms with Crippen LogP contribution in [-0.2, 0) is 9.47 Å². The lowest BCUT2D eigenvalue weighted by Crippen LogP contribution is -2.29. The fraction of sp³-hybridized carbons (Fsp3) is 0.159. The summed E-state index contributed by atoms with van der Waals surface area (Å²) in [6.07, 6.45) is 6.62. The van der Waals surface area contributed by atoms with Crippen molar-refractivity contribution < 1.29 is 19.1 Å². The van der Waals surface area contributed by atoms with Gasteiger partial charge in [-0.3, -0.25) is 4.99 Å². The van der Waals surface area contributed by atoms with E-state index in [0.29, 0.717) is 35.5 Å². The molecule has 0 aromatic heterocycles. The van der Waals surface area contributed by atoms with Gasteiger partial charge in [0.15, 0.2) is 0 Å². The molecule has 2 atom stereocenters. The Balaban J connectivity index is 1.27. The Morgan fingerprint density at radius 3 is 1.43 bits per heavy atom. The Labute approximate surface area is 407 Å². The molecular weight excluding hydrogens is 849 g/mol. The summed E-state index contributed by atoms with van der Waals surface area (Å²) < 4.78 is 11.1. The van der Waals surface area contributed by atoms with E-state index in [1.54, 1.807) is 12.1 Å². The molecule has 0 aliphatic rings. The van der Waals surface area contributed by atoms with Gasteiger partial charge in [-0.05, 0) is 121 Å². The lowest BCUT2D eigenvalue weighted by Gasteiger charge is -2.24. The van der Waals surface area contributed by atoms with Crippen molar-refractivity contribution >= 4 is 17.8 Å². The Bertz CT molecular complexity index is 2870. The van der Waals surface area contributed by atoms with Gasteiger partial charge in [0.25, 0.3) is 0 Å². The van der Waals surface area contributed by atoms with Crippen molar-refractivity contribution in [1.82, 2.24) is 5.32 Å². The molecule has 6 nitrogen and oxygen atoms in total. The number of unbranched alkanes of at least 4 members (excludes halogenated alkanes) is 2. The number of esters is 2. The molecule has 0 saturated heterocycles. The molecule has 0 aliphatic heterocycles. The van der Waals surface area contributed by atoms with Crippen LogP contribution in [0.25, 0.3) is 22.3 Å². The maximum atomic E-state index is 13.0. The van der Waals surface area contributed by atoms with E-state index in [0.717, 1.165) is 81.6 Å². The van der Waals surface area contributed by atoms with Crippen molar-refractivity contribution in [2.24, 2.45) is 4.99 Å². The minimum absolute atomic E-state index is 0.0799. The van der Waals surface area contributed by atoms with Gasteiger partial charge in [0, 0.05) is 33.9 Å². The lowest BCUT2D eigenvalue weighted by molar-refractivity contribution is 0.0491. The van der Waals surface area contributed by atoms with Crippen LogP contribution in [0.4, 0.5) is 0 Å². The van der Waals surface area contributed by atoms with E-state index in [9.17, 15) is 9.59 Å². The van der Waals surface area contributed by atoms with Gasteiger partial charge in [0.1, 0.15) is 5.84 Å². The van der Waals surface area contributed by atoms with Crippen LogP contribution in [0.5, 0.6) is 0 Å².